The van der Waals surface area contributed by atoms with Gasteiger partial charge in [-0.05, 0) is 98.4 Å². The van der Waals surface area contributed by atoms with E-state index in [9.17, 15) is 18.4 Å². The molecule has 4 aromatic rings. The van der Waals surface area contributed by atoms with Crippen LogP contribution in [0.5, 0.6) is 0 Å². The molecule has 7 heteroatoms. The summed E-state index contributed by atoms with van der Waals surface area (Å²) in [6.45, 7) is 5.46. The molecule has 0 bridgehead atoms. The number of rotatable bonds is 8. The van der Waals surface area contributed by atoms with Crippen molar-refractivity contribution < 1.29 is 18.4 Å². The average Bonchev–Trinajstić information content (AvgIpc) is 3.08. The van der Waals surface area contributed by atoms with Gasteiger partial charge >= 0.3 is 0 Å². The molecule has 2 fully saturated rings. The number of halogens is 3. The Balaban J connectivity index is 0.000000178. The highest BCUT2D eigenvalue weighted by Crippen LogP contribution is 2.35. The van der Waals surface area contributed by atoms with Crippen molar-refractivity contribution in [3.8, 4) is 0 Å². The normalized spacial score (nSPS) is 17.2. The highest BCUT2D eigenvalue weighted by Gasteiger charge is 2.39. The molecule has 4 nitrogen and oxygen atoms in total. The minimum absolute atomic E-state index is 0.0526. The number of nitrogens with zero attached hydrogens (tertiary/aromatic N) is 2. The molecule has 45 heavy (non-hydrogen) atoms. The van der Waals surface area contributed by atoms with Crippen molar-refractivity contribution in [3.05, 3.63) is 143 Å². The number of ketones is 2. The molecule has 0 spiro atoms. The second-order valence-corrected chi connectivity index (χ2v) is 13.5. The summed E-state index contributed by atoms with van der Waals surface area (Å²) in [5.41, 5.74) is 3.80. The summed E-state index contributed by atoms with van der Waals surface area (Å²) in [6, 6.07) is 32.5. The molecule has 234 valence electrons. The van der Waals surface area contributed by atoms with Crippen LogP contribution in [0.2, 0.25) is 0 Å². The highest BCUT2D eigenvalue weighted by molar-refractivity contribution is 9.10. The van der Waals surface area contributed by atoms with Crippen molar-refractivity contribution >= 4 is 27.5 Å². The minimum Gasteiger partial charge on any atom is -0.299 e. The topological polar surface area (TPSA) is 40.6 Å². The number of benzene rings is 4. The predicted molar refractivity (Wildman–Crippen MR) is 179 cm³/mol. The van der Waals surface area contributed by atoms with Gasteiger partial charge in [0, 0.05) is 43.2 Å². The Labute approximate surface area is 273 Å². The zero-order valence-corrected chi connectivity index (χ0v) is 27.0. The maximum absolute atomic E-state index is 13.0. The molecule has 0 atom stereocenters. The van der Waals surface area contributed by atoms with Crippen LogP contribution in [0.1, 0.15) is 57.5 Å². The largest absolute Gasteiger partial charge is 0.299 e. The summed E-state index contributed by atoms with van der Waals surface area (Å²) in [7, 11) is 0. The van der Waals surface area contributed by atoms with E-state index < -0.39 is 4.32 Å². The van der Waals surface area contributed by atoms with E-state index in [0.29, 0.717) is 11.1 Å². The molecule has 6 rings (SSSR count). The van der Waals surface area contributed by atoms with Crippen LogP contribution in [0, 0.1) is 17.6 Å². The van der Waals surface area contributed by atoms with Crippen LogP contribution in [0.25, 0.3) is 0 Å². The van der Waals surface area contributed by atoms with E-state index in [2.05, 4.69) is 62.1 Å². The SMILES string of the molecule is O=C(c1ccc(F)cc1)C1(Br)CCN(Cc2ccccc2)CC1.O=C(c1ccc(F)cc1)C1CCN(Cc2ccccc2)CC1. The molecular weight excluding hydrogens is 634 g/mol. The van der Waals surface area contributed by atoms with Crippen molar-refractivity contribution in [1.29, 1.82) is 0 Å². The van der Waals surface area contributed by atoms with E-state index in [1.54, 1.807) is 24.3 Å². The van der Waals surface area contributed by atoms with Gasteiger partial charge in [0.1, 0.15) is 11.6 Å². The Hall–Kier alpha value is -3.52. The first-order chi connectivity index (χ1) is 21.8. The van der Waals surface area contributed by atoms with E-state index in [1.807, 2.05) is 24.3 Å². The molecule has 0 aromatic heterocycles. The van der Waals surface area contributed by atoms with Gasteiger partial charge in [0.05, 0.1) is 4.32 Å². The number of alkyl halides is 1. The molecule has 0 unspecified atom stereocenters. The molecule has 0 N–H and O–H groups in total. The first-order valence-corrected chi connectivity index (χ1v) is 16.4. The Kier molecular flexibility index (Phi) is 11.4. The molecule has 4 aromatic carbocycles. The number of piperidine rings is 2. The lowest BCUT2D eigenvalue weighted by Gasteiger charge is -2.37. The number of Topliss-reactive ketones (excluding diaryl/α,β-unsaturated/α-hetero) is 2. The average molecular weight is 674 g/mol. The fraction of sp³-hybridized carbons (Fsp3) is 0.316. The standard InChI is InChI=1S/C19H19BrFNO.C19H20FNO/c20-19(18(23)16-6-8-17(21)9-7-16)10-12-22(13-11-19)14-15-4-2-1-3-5-15;20-18-8-6-16(7-9-18)19(22)17-10-12-21(13-11-17)14-15-4-2-1-3-5-15/h1-9H,10-14H2;1-9,17H,10-14H2. The Morgan fingerprint density at radius 1 is 0.622 bits per heavy atom. The highest BCUT2D eigenvalue weighted by atomic mass is 79.9. The first-order valence-electron chi connectivity index (χ1n) is 15.6. The second-order valence-electron chi connectivity index (χ2n) is 12.0. The maximum atomic E-state index is 13.0. The summed E-state index contributed by atoms with van der Waals surface area (Å²) in [4.78, 5) is 29.9. The fourth-order valence-electron chi connectivity index (χ4n) is 6.04. The zero-order chi connectivity index (χ0) is 31.6. The molecule has 2 aliphatic heterocycles. The lowest BCUT2D eigenvalue weighted by Crippen LogP contribution is -2.45. The van der Waals surface area contributed by atoms with Crippen LogP contribution in [-0.2, 0) is 13.1 Å². The van der Waals surface area contributed by atoms with Crippen LogP contribution in [0.15, 0.2) is 109 Å². The number of hydrogen-bond acceptors (Lipinski definition) is 4. The Bertz CT molecular complexity index is 1520. The second kappa shape index (κ2) is 15.7. The minimum atomic E-state index is -0.530. The van der Waals surface area contributed by atoms with E-state index in [0.717, 1.165) is 65.0 Å². The van der Waals surface area contributed by atoms with Crippen molar-refractivity contribution in [1.82, 2.24) is 9.80 Å². The van der Waals surface area contributed by atoms with Gasteiger partial charge in [-0.1, -0.05) is 76.6 Å². The molecule has 0 radical (unpaired) electrons. The van der Waals surface area contributed by atoms with Crippen molar-refractivity contribution in [2.45, 2.75) is 43.1 Å². The summed E-state index contributed by atoms with van der Waals surface area (Å²) in [5, 5.41) is 0. The third kappa shape index (κ3) is 9.25. The summed E-state index contributed by atoms with van der Waals surface area (Å²) >= 11 is 3.66. The van der Waals surface area contributed by atoms with Gasteiger partial charge in [-0.15, -0.1) is 0 Å². The number of carbonyl (C=O) groups excluding carboxylic acids is 2. The van der Waals surface area contributed by atoms with E-state index in [1.165, 1.54) is 35.4 Å². The monoisotopic (exact) mass is 672 g/mol. The maximum Gasteiger partial charge on any atom is 0.179 e. The van der Waals surface area contributed by atoms with Crippen LogP contribution < -0.4 is 0 Å². The number of hydrogen-bond donors (Lipinski definition) is 0. The lowest BCUT2D eigenvalue weighted by atomic mass is 9.88. The van der Waals surface area contributed by atoms with Gasteiger partial charge in [-0.3, -0.25) is 19.4 Å². The molecule has 2 aliphatic rings. The number of carbonyl (C=O) groups is 2. The van der Waals surface area contributed by atoms with Crippen molar-refractivity contribution in [2.24, 2.45) is 5.92 Å². The predicted octanol–water partition coefficient (Wildman–Crippen LogP) is 8.36. The molecule has 0 amide bonds. The van der Waals surface area contributed by atoms with Gasteiger partial charge in [-0.2, -0.15) is 0 Å². The molecule has 0 saturated carbocycles. The van der Waals surface area contributed by atoms with Gasteiger partial charge in [0.15, 0.2) is 11.6 Å². The van der Waals surface area contributed by atoms with Gasteiger partial charge < -0.3 is 0 Å². The third-order valence-electron chi connectivity index (χ3n) is 8.75. The zero-order valence-electron chi connectivity index (χ0n) is 25.4. The molecular formula is C38H39BrF2N2O2. The van der Waals surface area contributed by atoms with Crippen LogP contribution in [0.3, 0.4) is 0 Å². The van der Waals surface area contributed by atoms with E-state index >= 15 is 0 Å². The number of likely N-dealkylation sites (tertiary alicyclic amines) is 2. The van der Waals surface area contributed by atoms with Gasteiger partial charge in [0.2, 0.25) is 0 Å². The Morgan fingerprint density at radius 3 is 1.51 bits per heavy atom. The summed E-state index contributed by atoms with van der Waals surface area (Å²) in [5.74, 6) is -0.342. The smallest absolute Gasteiger partial charge is 0.179 e. The first kappa shape index (κ1) is 32.9. The molecule has 2 heterocycles. The van der Waals surface area contributed by atoms with E-state index in [4.69, 9.17) is 0 Å². The van der Waals surface area contributed by atoms with Crippen molar-refractivity contribution in [3.63, 3.8) is 0 Å². The summed E-state index contributed by atoms with van der Waals surface area (Å²) in [6.07, 6.45) is 3.28. The van der Waals surface area contributed by atoms with Gasteiger partial charge in [0.25, 0.3) is 0 Å². The lowest BCUT2D eigenvalue weighted by molar-refractivity contribution is 0.0834. The van der Waals surface area contributed by atoms with Crippen LogP contribution in [0.4, 0.5) is 8.78 Å². The Morgan fingerprint density at radius 2 is 1.04 bits per heavy atom. The molecule has 2 saturated heterocycles. The van der Waals surface area contributed by atoms with Crippen LogP contribution in [-0.4, -0.2) is 51.9 Å². The third-order valence-corrected chi connectivity index (χ3v) is 9.90. The molecule has 0 aliphatic carbocycles. The summed E-state index contributed by atoms with van der Waals surface area (Å²) < 4.78 is 25.4. The van der Waals surface area contributed by atoms with Crippen LogP contribution >= 0.6 is 15.9 Å². The quantitative estimate of drug-likeness (QED) is 0.139. The fourth-order valence-corrected chi connectivity index (χ4v) is 6.62. The van der Waals surface area contributed by atoms with Crippen molar-refractivity contribution in [2.75, 3.05) is 26.2 Å². The van der Waals surface area contributed by atoms with Gasteiger partial charge in [-0.25, -0.2) is 8.78 Å². The van der Waals surface area contributed by atoms with E-state index in [-0.39, 0.29) is 29.1 Å².